The molecule has 3 heteroatoms. The molecule has 2 saturated heterocycles. The third-order valence-corrected chi connectivity index (χ3v) is 4.33. The molecule has 1 atom stereocenters. The minimum Gasteiger partial charge on any atom is -0.316 e. The van der Waals surface area contributed by atoms with Gasteiger partial charge in [0.15, 0.2) is 0 Å². The van der Waals surface area contributed by atoms with Gasteiger partial charge in [-0.15, -0.1) is 0 Å². The normalized spacial score (nSPS) is 31.2. The molecule has 0 bridgehead atoms. The van der Waals surface area contributed by atoms with Gasteiger partial charge < -0.3 is 15.1 Å². The molecular weight excluding hydrogens is 210 g/mol. The van der Waals surface area contributed by atoms with Gasteiger partial charge in [0.25, 0.3) is 0 Å². The lowest BCUT2D eigenvalue weighted by Crippen LogP contribution is -2.46. The van der Waals surface area contributed by atoms with Crippen LogP contribution in [0.15, 0.2) is 0 Å². The highest BCUT2D eigenvalue weighted by Crippen LogP contribution is 2.26. The molecule has 0 aliphatic carbocycles. The monoisotopic (exact) mass is 239 g/mol. The molecule has 0 amide bonds. The van der Waals surface area contributed by atoms with Crippen molar-refractivity contribution in [2.45, 2.75) is 32.6 Å². The molecule has 2 aliphatic rings. The van der Waals surface area contributed by atoms with Crippen LogP contribution in [0.2, 0.25) is 0 Å². The Bertz CT molecular complexity index is 218. The predicted octanol–water partition coefficient (Wildman–Crippen LogP) is 1.40. The number of rotatable bonds is 5. The van der Waals surface area contributed by atoms with Crippen molar-refractivity contribution in [2.24, 2.45) is 5.41 Å². The van der Waals surface area contributed by atoms with E-state index < -0.39 is 0 Å². The van der Waals surface area contributed by atoms with Crippen LogP contribution in [0, 0.1) is 5.41 Å². The Morgan fingerprint density at radius 1 is 1.24 bits per heavy atom. The number of likely N-dealkylation sites (tertiary alicyclic amines) is 1. The van der Waals surface area contributed by atoms with Crippen molar-refractivity contribution in [3.63, 3.8) is 0 Å². The van der Waals surface area contributed by atoms with Crippen LogP contribution in [-0.4, -0.2) is 62.7 Å². The minimum absolute atomic E-state index is 0.498. The smallest absolute Gasteiger partial charge is 0.0109 e. The zero-order valence-electron chi connectivity index (χ0n) is 11.7. The number of nitrogens with zero attached hydrogens (tertiary/aromatic N) is 2. The van der Waals surface area contributed by atoms with Gasteiger partial charge in [-0.25, -0.2) is 0 Å². The van der Waals surface area contributed by atoms with Crippen molar-refractivity contribution in [3.05, 3.63) is 0 Å². The summed E-state index contributed by atoms with van der Waals surface area (Å²) in [5, 5.41) is 3.54. The number of likely N-dealkylation sites (N-methyl/N-ethyl adjacent to an activating group) is 1. The van der Waals surface area contributed by atoms with Crippen molar-refractivity contribution in [1.82, 2.24) is 15.1 Å². The van der Waals surface area contributed by atoms with Gasteiger partial charge in [0, 0.05) is 26.2 Å². The van der Waals surface area contributed by atoms with Gasteiger partial charge in [0.1, 0.15) is 0 Å². The van der Waals surface area contributed by atoms with E-state index in [4.69, 9.17) is 0 Å². The lowest BCUT2D eigenvalue weighted by molar-refractivity contribution is 0.143. The molecule has 1 unspecified atom stereocenters. The molecule has 2 heterocycles. The van der Waals surface area contributed by atoms with E-state index in [1.54, 1.807) is 0 Å². The molecule has 2 fully saturated rings. The van der Waals surface area contributed by atoms with Crippen LogP contribution in [-0.2, 0) is 0 Å². The van der Waals surface area contributed by atoms with Crippen molar-refractivity contribution < 1.29 is 0 Å². The predicted molar refractivity (Wildman–Crippen MR) is 73.4 cm³/mol. The van der Waals surface area contributed by atoms with Crippen molar-refractivity contribution in [3.8, 4) is 0 Å². The van der Waals surface area contributed by atoms with E-state index in [1.807, 2.05) is 0 Å². The topological polar surface area (TPSA) is 18.5 Å². The summed E-state index contributed by atoms with van der Waals surface area (Å²) in [6.07, 6.45) is 5.54. The average molecular weight is 239 g/mol. The second-order valence-corrected chi connectivity index (χ2v) is 6.38. The maximum absolute atomic E-state index is 3.54. The quantitative estimate of drug-likeness (QED) is 0.782. The minimum atomic E-state index is 0.498. The van der Waals surface area contributed by atoms with Crippen LogP contribution >= 0.6 is 0 Å². The van der Waals surface area contributed by atoms with Gasteiger partial charge in [-0.05, 0) is 57.8 Å². The summed E-state index contributed by atoms with van der Waals surface area (Å²) >= 11 is 0. The summed E-state index contributed by atoms with van der Waals surface area (Å²) < 4.78 is 0. The molecule has 3 nitrogen and oxygen atoms in total. The number of hydrogen-bond acceptors (Lipinski definition) is 3. The van der Waals surface area contributed by atoms with Crippen LogP contribution in [0.5, 0.6) is 0 Å². The third kappa shape index (κ3) is 4.23. The Balaban J connectivity index is 1.66. The molecule has 0 radical (unpaired) electrons. The zero-order valence-corrected chi connectivity index (χ0v) is 11.7. The van der Waals surface area contributed by atoms with Crippen LogP contribution < -0.4 is 5.32 Å². The maximum atomic E-state index is 3.54. The molecule has 0 aromatic rings. The largest absolute Gasteiger partial charge is 0.316 e. The first-order valence-corrected chi connectivity index (χ1v) is 7.30. The van der Waals surface area contributed by atoms with Gasteiger partial charge >= 0.3 is 0 Å². The fraction of sp³-hybridized carbons (Fsp3) is 1.00. The number of piperidine rings is 1. The van der Waals surface area contributed by atoms with Gasteiger partial charge in [-0.3, -0.25) is 0 Å². The molecule has 100 valence electrons. The van der Waals surface area contributed by atoms with E-state index in [9.17, 15) is 0 Å². The van der Waals surface area contributed by atoms with Crippen LogP contribution in [0.3, 0.4) is 0 Å². The van der Waals surface area contributed by atoms with Crippen LogP contribution in [0.4, 0.5) is 0 Å². The van der Waals surface area contributed by atoms with Gasteiger partial charge in [0.05, 0.1) is 0 Å². The molecule has 2 aliphatic heterocycles. The van der Waals surface area contributed by atoms with Gasteiger partial charge in [-0.1, -0.05) is 6.92 Å². The van der Waals surface area contributed by atoms with Gasteiger partial charge in [-0.2, -0.15) is 0 Å². The molecule has 0 saturated carbocycles. The molecule has 1 N–H and O–H groups in total. The summed E-state index contributed by atoms with van der Waals surface area (Å²) in [5.74, 6) is 0. The Hall–Kier alpha value is -0.120. The lowest BCUT2D eigenvalue weighted by Gasteiger charge is -2.37. The highest BCUT2D eigenvalue weighted by Gasteiger charge is 2.27. The average Bonchev–Trinajstić information content (AvgIpc) is 2.79. The number of nitrogens with one attached hydrogen (secondary N) is 1. The third-order valence-electron chi connectivity index (χ3n) is 4.33. The molecule has 2 rings (SSSR count). The van der Waals surface area contributed by atoms with Gasteiger partial charge in [0.2, 0.25) is 0 Å². The first-order valence-electron chi connectivity index (χ1n) is 7.30. The summed E-state index contributed by atoms with van der Waals surface area (Å²) in [4.78, 5) is 5.14. The maximum Gasteiger partial charge on any atom is 0.0109 e. The van der Waals surface area contributed by atoms with Crippen molar-refractivity contribution in [2.75, 3.05) is 52.9 Å². The summed E-state index contributed by atoms with van der Waals surface area (Å²) in [5.41, 5.74) is 0.498. The molecule has 0 aromatic heterocycles. The van der Waals surface area contributed by atoms with E-state index >= 15 is 0 Å². The fourth-order valence-corrected chi connectivity index (χ4v) is 3.30. The fourth-order valence-electron chi connectivity index (χ4n) is 3.30. The molecule has 0 aromatic carbocycles. The first kappa shape index (κ1) is 13.3. The Labute approximate surface area is 107 Å². The van der Waals surface area contributed by atoms with Crippen molar-refractivity contribution >= 4 is 0 Å². The van der Waals surface area contributed by atoms with E-state index in [2.05, 4.69) is 29.1 Å². The van der Waals surface area contributed by atoms with Crippen LogP contribution in [0.1, 0.15) is 32.6 Å². The lowest BCUT2D eigenvalue weighted by atomic mass is 9.82. The number of hydrogen-bond donors (Lipinski definition) is 1. The summed E-state index contributed by atoms with van der Waals surface area (Å²) in [7, 11) is 2.29. The molecule has 17 heavy (non-hydrogen) atoms. The van der Waals surface area contributed by atoms with E-state index in [0.29, 0.717) is 5.41 Å². The summed E-state index contributed by atoms with van der Waals surface area (Å²) in [6, 6.07) is 0. The Morgan fingerprint density at radius 2 is 2.00 bits per heavy atom. The van der Waals surface area contributed by atoms with Crippen molar-refractivity contribution in [1.29, 1.82) is 0 Å². The highest BCUT2D eigenvalue weighted by atomic mass is 15.2. The van der Waals surface area contributed by atoms with Crippen LogP contribution in [0.25, 0.3) is 0 Å². The Morgan fingerprint density at radius 3 is 2.65 bits per heavy atom. The second-order valence-electron chi connectivity index (χ2n) is 6.38. The molecule has 0 spiro atoms. The Kier molecular flexibility index (Phi) is 4.83. The highest BCUT2D eigenvalue weighted by molar-refractivity contribution is 4.84. The summed E-state index contributed by atoms with van der Waals surface area (Å²) in [6.45, 7) is 11.2. The van der Waals surface area contributed by atoms with E-state index in [0.717, 1.165) is 0 Å². The zero-order chi connectivity index (χ0) is 12.1. The van der Waals surface area contributed by atoms with E-state index in [1.165, 1.54) is 71.5 Å². The second kappa shape index (κ2) is 6.17. The van der Waals surface area contributed by atoms with E-state index in [-0.39, 0.29) is 0 Å². The first-order chi connectivity index (χ1) is 8.18. The SMILES string of the molecule is CN(CCN1CCCC1)CC1(C)CCCNC1. The molecular formula is C14H29N3. The standard InChI is InChI=1S/C14H29N3/c1-14(6-5-7-15-12-14)13-16(2)10-11-17-8-3-4-9-17/h15H,3-13H2,1-2H3.